The number of rotatable bonds is 6. The van der Waals surface area contributed by atoms with Crippen LogP contribution in [0.4, 0.5) is 5.69 Å². The van der Waals surface area contributed by atoms with Crippen molar-refractivity contribution in [2.24, 2.45) is 5.92 Å². The van der Waals surface area contributed by atoms with Gasteiger partial charge in [-0.1, -0.05) is 35.9 Å². The maximum Gasteiger partial charge on any atom is 0.227 e. The molecule has 0 spiro atoms. The average molecular weight is 424 g/mol. The van der Waals surface area contributed by atoms with Crippen molar-refractivity contribution in [3.8, 4) is 5.75 Å². The summed E-state index contributed by atoms with van der Waals surface area (Å²) >= 11 is 6.09. The molecule has 4 rings (SSSR count). The molecule has 0 bridgehead atoms. The molecular weight excluding hydrogens is 402 g/mol. The molecule has 1 fully saturated rings. The third kappa shape index (κ3) is 4.09. The summed E-state index contributed by atoms with van der Waals surface area (Å²) in [5, 5.41) is 4.55. The molecule has 154 valence electrons. The Bertz CT molecular complexity index is 1100. The fourth-order valence-electron chi connectivity index (χ4n) is 3.82. The highest BCUT2D eigenvalue weighted by Gasteiger charge is 2.36. The predicted octanol–water partition coefficient (Wildman–Crippen LogP) is 3.61. The summed E-state index contributed by atoms with van der Waals surface area (Å²) in [7, 11) is 1.54. The van der Waals surface area contributed by atoms with Crippen LogP contribution in [-0.4, -0.2) is 37.0 Å². The molecule has 1 saturated heterocycles. The molecule has 2 amide bonds. The highest BCUT2D eigenvalue weighted by atomic mass is 35.5. The molecule has 1 unspecified atom stereocenters. The molecule has 1 aliphatic rings. The van der Waals surface area contributed by atoms with Crippen LogP contribution in [0.15, 0.2) is 54.7 Å². The van der Waals surface area contributed by atoms with Crippen LogP contribution < -0.4 is 15.0 Å². The molecule has 1 aliphatic heterocycles. The van der Waals surface area contributed by atoms with Crippen LogP contribution in [0.2, 0.25) is 5.02 Å². The van der Waals surface area contributed by atoms with Crippen LogP contribution in [0.25, 0.3) is 10.9 Å². The Hall–Kier alpha value is -3.12. The van der Waals surface area contributed by atoms with Crippen LogP contribution in [0.1, 0.15) is 12.0 Å². The van der Waals surface area contributed by atoms with Crippen molar-refractivity contribution in [3.05, 3.63) is 65.3 Å². The Morgan fingerprint density at radius 3 is 2.93 bits per heavy atom. The largest absolute Gasteiger partial charge is 0.495 e. The Morgan fingerprint density at radius 2 is 2.10 bits per heavy atom. The highest BCUT2D eigenvalue weighted by Crippen LogP contribution is 2.35. The van der Waals surface area contributed by atoms with Crippen LogP contribution in [0.3, 0.4) is 0 Å². The van der Waals surface area contributed by atoms with Gasteiger partial charge in [-0.05, 0) is 36.2 Å². The number of hydrogen-bond donors (Lipinski definition) is 1. The van der Waals surface area contributed by atoms with Gasteiger partial charge in [-0.15, -0.1) is 0 Å². The van der Waals surface area contributed by atoms with E-state index in [1.54, 1.807) is 36.4 Å². The lowest BCUT2D eigenvalue weighted by molar-refractivity contribution is -0.126. The summed E-state index contributed by atoms with van der Waals surface area (Å²) in [6.45, 7) is 0.789. The first-order valence-electron chi connectivity index (χ1n) is 9.81. The highest BCUT2D eigenvalue weighted by molar-refractivity contribution is 6.31. The van der Waals surface area contributed by atoms with E-state index in [0.717, 1.165) is 16.5 Å². The van der Waals surface area contributed by atoms with Crippen LogP contribution >= 0.6 is 11.6 Å². The quantitative estimate of drug-likeness (QED) is 0.657. The van der Waals surface area contributed by atoms with E-state index in [-0.39, 0.29) is 18.2 Å². The molecule has 1 atom stereocenters. The fourth-order valence-corrected chi connectivity index (χ4v) is 3.99. The smallest absolute Gasteiger partial charge is 0.227 e. The summed E-state index contributed by atoms with van der Waals surface area (Å²) in [5.74, 6) is -0.0990. The number of nitrogens with one attached hydrogen (secondary N) is 1. The summed E-state index contributed by atoms with van der Waals surface area (Å²) in [6, 6.07) is 15.1. The lowest BCUT2D eigenvalue weighted by atomic mass is 10.1. The SMILES string of the molecule is COc1ccc(Cl)cc1N1CC(C(=O)NCCc2cccc3cccnc23)CC1=O. The minimum atomic E-state index is -0.410. The second kappa shape index (κ2) is 8.71. The van der Waals surface area contributed by atoms with E-state index < -0.39 is 5.92 Å². The number of nitrogens with zero attached hydrogens (tertiary/aromatic N) is 2. The van der Waals surface area contributed by atoms with Crippen molar-refractivity contribution in [1.82, 2.24) is 10.3 Å². The predicted molar refractivity (Wildman–Crippen MR) is 117 cm³/mol. The van der Waals surface area contributed by atoms with Gasteiger partial charge in [0.15, 0.2) is 0 Å². The number of pyridine rings is 1. The summed E-state index contributed by atoms with van der Waals surface area (Å²) in [4.78, 5) is 31.2. The van der Waals surface area contributed by atoms with Crippen LogP contribution in [-0.2, 0) is 16.0 Å². The van der Waals surface area contributed by atoms with E-state index in [1.807, 2.05) is 30.3 Å². The number of benzene rings is 2. The topological polar surface area (TPSA) is 71.5 Å². The Kier molecular flexibility index (Phi) is 5.86. The number of ether oxygens (including phenoxy) is 1. The molecule has 6 nitrogen and oxygen atoms in total. The fraction of sp³-hybridized carbons (Fsp3) is 0.261. The van der Waals surface area contributed by atoms with E-state index in [0.29, 0.717) is 36.0 Å². The maximum atomic E-state index is 12.7. The number of anilines is 1. The number of carbonyl (C=O) groups is 2. The van der Waals surface area contributed by atoms with E-state index in [2.05, 4.69) is 10.3 Å². The number of fused-ring (bicyclic) bond motifs is 1. The number of aromatic nitrogens is 1. The maximum absolute atomic E-state index is 12.7. The second-order valence-corrected chi connectivity index (χ2v) is 7.69. The Morgan fingerprint density at radius 1 is 1.27 bits per heavy atom. The van der Waals surface area contributed by atoms with E-state index in [4.69, 9.17) is 16.3 Å². The zero-order valence-corrected chi connectivity index (χ0v) is 17.4. The van der Waals surface area contributed by atoms with Gasteiger partial charge in [-0.2, -0.15) is 0 Å². The Balaban J connectivity index is 1.39. The summed E-state index contributed by atoms with van der Waals surface area (Å²) in [5.41, 5.74) is 2.62. The first kappa shape index (κ1) is 20.2. The minimum Gasteiger partial charge on any atom is -0.495 e. The van der Waals surface area contributed by atoms with Gasteiger partial charge >= 0.3 is 0 Å². The van der Waals surface area contributed by atoms with Crippen LogP contribution in [0, 0.1) is 5.92 Å². The lowest BCUT2D eigenvalue weighted by Gasteiger charge is -2.20. The third-order valence-electron chi connectivity index (χ3n) is 5.34. The van der Waals surface area contributed by atoms with Crippen molar-refractivity contribution in [2.75, 3.05) is 25.1 Å². The molecule has 30 heavy (non-hydrogen) atoms. The van der Waals surface area contributed by atoms with E-state index in [9.17, 15) is 9.59 Å². The number of carbonyl (C=O) groups excluding carboxylic acids is 2. The van der Waals surface area contributed by atoms with Gasteiger partial charge in [0.2, 0.25) is 11.8 Å². The Labute approximate surface area is 179 Å². The van der Waals surface area contributed by atoms with Crippen LogP contribution in [0.5, 0.6) is 5.75 Å². The lowest BCUT2D eigenvalue weighted by Crippen LogP contribution is -2.34. The zero-order chi connectivity index (χ0) is 21.1. The molecule has 0 radical (unpaired) electrons. The standard InChI is InChI=1S/C23H22ClN3O3/c1-30-20-8-7-18(24)13-19(20)27-14-17(12-21(27)28)23(29)26-11-9-16-5-2-4-15-6-3-10-25-22(15)16/h2-8,10,13,17H,9,11-12,14H2,1H3,(H,26,29). The molecular formula is C23H22ClN3O3. The normalized spacial score (nSPS) is 16.1. The van der Waals surface area contributed by atoms with Crippen molar-refractivity contribution in [3.63, 3.8) is 0 Å². The van der Waals surface area contributed by atoms with Gasteiger partial charge in [-0.25, -0.2) is 0 Å². The molecule has 7 heteroatoms. The first-order chi connectivity index (χ1) is 14.6. The molecule has 1 N–H and O–H groups in total. The van der Waals surface area contributed by atoms with Gasteiger partial charge in [0.1, 0.15) is 5.75 Å². The van der Waals surface area contributed by atoms with Gasteiger partial charge in [0.05, 0.1) is 24.2 Å². The molecule has 2 aromatic carbocycles. The number of hydrogen-bond acceptors (Lipinski definition) is 4. The number of para-hydroxylation sites is 1. The number of methoxy groups -OCH3 is 1. The average Bonchev–Trinajstić information content (AvgIpc) is 3.15. The minimum absolute atomic E-state index is 0.117. The molecule has 0 saturated carbocycles. The van der Waals surface area contributed by atoms with Gasteiger partial charge in [0.25, 0.3) is 0 Å². The number of halogens is 1. The molecule has 3 aromatic rings. The molecule has 0 aliphatic carbocycles. The van der Waals surface area contributed by atoms with E-state index in [1.165, 1.54) is 0 Å². The van der Waals surface area contributed by atoms with Gasteiger partial charge in [-0.3, -0.25) is 14.6 Å². The van der Waals surface area contributed by atoms with Crippen molar-refractivity contribution in [2.45, 2.75) is 12.8 Å². The second-order valence-electron chi connectivity index (χ2n) is 7.25. The molecule has 2 heterocycles. The molecule has 1 aromatic heterocycles. The van der Waals surface area contributed by atoms with Gasteiger partial charge in [0, 0.05) is 36.1 Å². The zero-order valence-electron chi connectivity index (χ0n) is 16.6. The van der Waals surface area contributed by atoms with E-state index >= 15 is 0 Å². The van der Waals surface area contributed by atoms with Gasteiger partial charge < -0.3 is 15.0 Å². The number of amides is 2. The summed E-state index contributed by atoms with van der Waals surface area (Å²) < 4.78 is 5.35. The van der Waals surface area contributed by atoms with Crippen molar-refractivity contribution >= 4 is 40.0 Å². The van der Waals surface area contributed by atoms with Crippen molar-refractivity contribution in [1.29, 1.82) is 0 Å². The third-order valence-corrected chi connectivity index (χ3v) is 5.57. The first-order valence-corrected chi connectivity index (χ1v) is 10.2. The van der Waals surface area contributed by atoms with Crippen molar-refractivity contribution < 1.29 is 14.3 Å². The summed E-state index contributed by atoms with van der Waals surface area (Å²) in [6.07, 6.45) is 2.61. The monoisotopic (exact) mass is 423 g/mol.